The van der Waals surface area contributed by atoms with Crippen molar-refractivity contribution in [3.63, 3.8) is 0 Å². The minimum Gasteiger partial charge on any atom is -0.724 e. The number of amides is 4. The zero-order valence-electron chi connectivity index (χ0n) is 30.5. The zero-order chi connectivity index (χ0) is 36.0. The predicted octanol–water partition coefficient (Wildman–Crippen LogP) is 5.10. The fourth-order valence-corrected chi connectivity index (χ4v) is 6.86. The van der Waals surface area contributed by atoms with Crippen LogP contribution in [0, 0.1) is 0 Å². The Balaban J connectivity index is 0.000000401. The summed E-state index contributed by atoms with van der Waals surface area (Å²) >= 11 is 0. The summed E-state index contributed by atoms with van der Waals surface area (Å²) in [5.74, 6) is -0.576. The summed E-state index contributed by atoms with van der Waals surface area (Å²) in [6, 6.07) is -2.38. The van der Waals surface area contributed by atoms with Crippen molar-refractivity contribution in [3.8, 4) is 0 Å². The molecule has 14 nitrogen and oxygen atoms in total. The molecule has 2 bridgehead atoms. The smallest absolute Gasteiger partial charge is 0.410 e. The van der Waals surface area contributed by atoms with Crippen molar-refractivity contribution in [3.05, 3.63) is 0 Å². The highest BCUT2D eigenvalue weighted by Crippen LogP contribution is 2.31. The standard InChI is InChI=1S/C17H28N4O9S.C16H36N/c1-17(2,3)28-16(24)19-8-4-5-12(10-19)29-18-14(22)13-7-6-11-9-20(13)15(23)21(11)30-31(25,26)27;1-5-9-13-17(14-10-6-2,15-11-7-3)16-12-8-4/h11-13H,4-10H2,1-3H3,(H,18,22)(H,25,26,27);5-16H2,1-4H3/q;+1/p-1/t11-,12-,13+;/m1./s1. The molecule has 0 aromatic heterocycles. The summed E-state index contributed by atoms with van der Waals surface area (Å²) in [6.07, 6.45) is 12.0. The molecule has 48 heavy (non-hydrogen) atoms. The van der Waals surface area contributed by atoms with E-state index >= 15 is 0 Å². The van der Waals surface area contributed by atoms with E-state index in [-0.39, 0.29) is 25.9 Å². The SMILES string of the molecule is CC(C)(C)OC(=O)N1CCC[C@@H](ONC(=O)[C@@H]2CC[C@@H]3CN2C(=O)N3OS(=O)(=O)[O-])C1.CCCC[N+](CCCC)(CCCC)CCCC. The van der Waals surface area contributed by atoms with E-state index in [1.54, 1.807) is 20.8 Å². The number of hydrogen-bond acceptors (Lipinski definition) is 9. The van der Waals surface area contributed by atoms with E-state index < -0.39 is 52.2 Å². The Morgan fingerprint density at radius 1 is 0.896 bits per heavy atom. The maximum Gasteiger partial charge on any atom is 0.410 e. The molecule has 3 rings (SSSR count). The number of nitrogens with zero attached hydrogens (tertiary/aromatic N) is 4. The summed E-state index contributed by atoms with van der Waals surface area (Å²) in [6.45, 7) is 21.2. The van der Waals surface area contributed by atoms with Crippen LogP contribution in [0.5, 0.6) is 0 Å². The predicted molar refractivity (Wildman–Crippen MR) is 181 cm³/mol. The number of likely N-dealkylation sites (tertiary alicyclic amines) is 1. The lowest BCUT2D eigenvalue weighted by Crippen LogP contribution is -2.52. The Morgan fingerprint density at radius 3 is 1.92 bits per heavy atom. The van der Waals surface area contributed by atoms with Gasteiger partial charge in [0.2, 0.25) is 10.4 Å². The molecule has 0 aliphatic carbocycles. The number of ether oxygens (including phenoxy) is 1. The van der Waals surface area contributed by atoms with Gasteiger partial charge >= 0.3 is 12.1 Å². The first-order valence-corrected chi connectivity index (χ1v) is 19.5. The molecule has 0 radical (unpaired) electrons. The fraction of sp³-hybridized carbons (Fsp3) is 0.909. The minimum atomic E-state index is -5.10. The van der Waals surface area contributed by atoms with Crippen LogP contribution in [0.2, 0.25) is 0 Å². The quantitative estimate of drug-likeness (QED) is 0.0941. The number of rotatable bonds is 17. The molecule has 4 amide bonds. The average molecular weight is 706 g/mol. The van der Waals surface area contributed by atoms with Crippen molar-refractivity contribution in [2.45, 2.75) is 149 Å². The number of carbonyl (C=O) groups is 3. The molecular weight excluding hydrogens is 642 g/mol. The van der Waals surface area contributed by atoms with Gasteiger partial charge in [0.15, 0.2) is 0 Å². The molecule has 3 heterocycles. The molecule has 1 N–H and O–H groups in total. The van der Waals surface area contributed by atoms with E-state index in [9.17, 15) is 27.4 Å². The van der Waals surface area contributed by atoms with Crippen LogP contribution in [0.4, 0.5) is 9.59 Å². The van der Waals surface area contributed by atoms with E-state index in [1.165, 1.54) is 86.9 Å². The van der Waals surface area contributed by atoms with Gasteiger partial charge in [-0.1, -0.05) is 53.4 Å². The van der Waals surface area contributed by atoms with Crippen molar-refractivity contribution in [2.24, 2.45) is 0 Å². The molecule has 280 valence electrons. The average Bonchev–Trinajstić information content (AvgIpc) is 3.26. The molecule has 0 unspecified atom stereocenters. The van der Waals surface area contributed by atoms with Gasteiger partial charge in [0.1, 0.15) is 17.7 Å². The van der Waals surface area contributed by atoms with Crippen molar-refractivity contribution in [1.82, 2.24) is 20.3 Å². The van der Waals surface area contributed by atoms with Crippen LogP contribution >= 0.6 is 0 Å². The number of piperidine rings is 2. The van der Waals surface area contributed by atoms with Crippen LogP contribution in [0.25, 0.3) is 0 Å². The lowest BCUT2D eigenvalue weighted by molar-refractivity contribution is -0.929. The van der Waals surface area contributed by atoms with Gasteiger partial charge in [-0.25, -0.2) is 23.5 Å². The Bertz CT molecular complexity index is 1080. The molecule has 0 aromatic carbocycles. The third-order valence-electron chi connectivity index (χ3n) is 9.10. The fourth-order valence-electron chi connectivity index (χ4n) is 6.48. The normalized spacial score (nSPS) is 21.5. The Hall–Kier alpha value is -2.20. The summed E-state index contributed by atoms with van der Waals surface area (Å²) in [7, 11) is -5.10. The second kappa shape index (κ2) is 19.9. The van der Waals surface area contributed by atoms with Crippen molar-refractivity contribution >= 4 is 28.4 Å². The highest BCUT2D eigenvalue weighted by molar-refractivity contribution is 7.80. The topological polar surface area (TPSA) is 158 Å². The summed E-state index contributed by atoms with van der Waals surface area (Å²) in [5, 5.41) is 0.510. The Morgan fingerprint density at radius 2 is 1.44 bits per heavy atom. The first-order chi connectivity index (χ1) is 22.6. The molecular formula is C33H63N5O9S. The number of urea groups is 1. The van der Waals surface area contributed by atoms with Gasteiger partial charge < -0.3 is 23.6 Å². The third kappa shape index (κ3) is 14.0. The maximum absolute atomic E-state index is 12.6. The largest absolute Gasteiger partial charge is 0.724 e. The molecule has 15 heteroatoms. The third-order valence-corrected chi connectivity index (χ3v) is 9.44. The molecule has 0 saturated carbocycles. The summed E-state index contributed by atoms with van der Waals surface area (Å²) in [5.41, 5.74) is 1.72. The number of hydroxylamine groups is 3. The van der Waals surface area contributed by atoms with E-state index in [0.29, 0.717) is 24.4 Å². The van der Waals surface area contributed by atoms with E-state index in [2.05, 4.69) is 37.5 Å². The number of quaternary nitrogens is 1. The van der Waals surface area contributed by atoms with Gasteiger partial charge in [0, 0.05) is 13.1 Å². The van der Waals surface area contributed by atoms with Crippen LogP contribution in [0.15, 0.2) is 0 Å². The van der Waals surface area contributed by atoms with Crippen molar-refractivity contribution in [1.29, 1.82) is 0 Å². The molecule has 0 aromatic rings. The molecule has 3 fully saturated rings. The number of unbranched alkanes of at least 4 members (excludes halogenated alkanes) is 4. The van der Waals surface area contributed by atoms with Crippen molar-refractivity contribution < 1.29 is 45.7 Å². The number of nitrogens with one attached hydrogen (secondary N) is 1. The molecule has 3 aliphatic rings. The first kappa shape index (κ1) is 42.0. The van der Waals surface area contributed by atoms with Crippen LogP contribution in [0.3, 0.4) is 0 Å². The van der Waals surface area contributed by atoms with E-state index in [0.717, 1.165) is 4.90 Å². The van der Waals surface area contributed by atoms with E-state index in [1.807, 2.05) is 0 Å². The Kier molecular flexibility index (Phi) is 17.4. The second-order valence-electron chi connectivity index (χ2n) is 14.4. The highest BCUT2D eigenvalue weighted by Gasteiger charge is 2.49. The van der Waals surface area contributed by atoms with Crippen LogP contribution < -0.4 is 5.48 Å². The van der Waals surface area contributed by atoms with Crippen molar-refractivity contribution in [2.75, 3.05) is 45.8 Å². The van der Waals surface area contributed by atoms with Gasteiger partial charge in [-0.15, -0.1) is 0 Å². The van der Waals surface area contributed by atoms with Gasteiger partial charge in [-0.2, -0.15) is 9.35 Å². The molecule has 3 aliphatic heterocycles. The van der Waals surface area contributed by atoms with Crippen LogP contribution in [-0.2, 0) is 29.1 Å². The summed E-state index contributed by atoms with van der Waals surface area (Å²) < 4.78 is 43.5. The van der Waals surface area contributed by atoms with Crippen LogP contribution in [-0.4, -0.2) is 120 Å². The summed E-state index contributed by atoms with van der Waals surface area (Å²) in [4.78, 5) is 45.3. The molecule has 3 atom stereocenters. The maximum atomic E-state index is 12.6. The lowest BCUT2D eigenvalue weighted by atomic mass is 10.0. The van der Waals surface area contributed by atoms with Gasteiger partial charge in [0.25, 0.3) is 5.91 Å². The number of carbonyl (C=O) groups excluding carboxylic acids is 3. The molecule has 3 saturated heterocycles. The lowest BCUT2D eigenvalue weighted by Gasteiger charge is -2.39. The number of fused-ring (bicyclic) bond motifs is 2. The Labute approximate surface area is 289 Å². The van der Waals surface area contributed by atoms with E-state index in [4.69, 9.17) is 9.57 Å². The zero-order valence-corrected chi connectivity index (χ0v) is 31.4. The van der Waals surface area contributed by atoms with Gasteiger partial charge in [-0.3, -0.25) is 9.63 Å². The highest BCUT2D eigenvalue weighted by atomic mass is 32.3. The monoisotopic (exact) mass is 705 g/mol. The van der Waals surface area contributed by atoms with Gasteiger partial charge in [0.05, 0.1) is 38.8 Å². The first-order valence-electron chi connectivity index (χ1n) is 18.1. The van der Waals surface area contributed by atoms with Crippen LogP contribution in [0.1, 0.15) is 126 Å². The minimum absolute atomic E-state index is 0.0578. The molecule has 0 spiro atoms. The number of hydrogen-bond donors (Lipinski definition) is 1. The van der Waals surface area contributed by atoms with Gasteiger partial charge in [-0.05, 0) is 72.1 Å². The second-order valence-corrected chi connectivity index (χ2v) is 15.4.